The van der Waals surface area contributed by atoms with E-state index < -0.39 is 0 Å². The molecule has 2 heterocycles. The Hall–Kier alpha value is -3.34. The quantitative estimate of drug-likeness (QED) is 0.601. The van der Waals surface area contributed by atoms with Gasteiger partial charge in [0.1, 0.15) is 11.6 Å². The Morgan fingerprint density at radius 2 is 1.72 bits per heavy atom. The summed E-state index contributed by atoms with van der Waals surface area (Å²) in [6, 6.07) is 18.1. The first-order valence-electron chi connectivity index (χ1n) is 7.95. The van der Waals surface area contributed by atoms with Crippen molar-refractivity contribution in [3.05, 3.63) is 84.4 Å². The van der Waals surface area contributed by atoms with Gasteiger partial charge in [-0.1, -0.05) is 24.3 Å². The Kier molecular flexibility index (Phi) is 4.04. The van der Waals surface area contributed by atoms with Crippen molar-refractivity contribution in [2.24, 2.45) is 0 Å². The fourth-order valence-corrected chi connectivity index (χ4v) is 2.67. The number of aromatic nitrogens is 3. The van der Waals surface area contributed by atoms with Gasteiger partial charge in [0.25, 0.3) is 0 Å². The van der Waals surface area contributed by atoms with Gasteiger partial charge in [-0.2, -0.15) is 0 Å². The van der Waals surface area contributed by atoms with Crippen LogP contribution in [0.5, 0.6) is 0 Å². The van der Waals surface area contributed by atoms with Crippen LogP contribution in [0, 0.1) is 5.82 Å². The molecule has 0 aliphatic heterocycles. The molecule has 0 atom stereocenters. The largest absolute Gasteiger partial charge is 0.365 e. The van der Waals surface area contributed by atoms with Crippen LogP contribution < -0.4 is 5.32 Å². The minimum absolute atomic E-state index is 0.246. The third-order valence-electron chi connectivity index (χ3n) is 3.89. The number of halogens is 1. The number of benzene rings is 2. The molecule has 25 heavy (non-hydrogen) atoms. The van der Waals surface area contributed by atoms with Crippen LogP contribution in [0.4, 0.5) is 10.2 Å². The van der Waals surface area contributed by atoms with Crippen LogP contribution in [0.1, 0.15) is 5.56 Å². The topological polar surface area (TPSA) is 50.7 Å². The van der Waals surface area contributed by atoms with Crippen LogP contribution >= 0.6 is 0 Å². The highest BCUT2D eigenvalue weighted by atomic mass is 19.1. The van der Waals surface area contributed by atoms with Gasteiger partial charge in [0.2, 0.25) is 0 Å². The van der Waals surface area contributed by atoms with Crippen LogP contribution in [0.15, 0.2) is 73.1 Å². The fourth-order valence-electron chi connectivity index (χ4n) is 2.67. The SMILES string of the molecule is Fc1cccc(CNc2nc(-c3ccncc3)nc3ccccc23)c1. The predicted octanol–water partition coefficient (Wildman–Crippen LogP) is 4.44. The van der Waals surface area contributed by atoms with E-state index in [4.69, 9.17) is 0 Å². The maximum atomic E-state index is 13.4. The Morgan fingerprint density at radius 1 is 0.880 bits per heavy atom. The molecule has 2 aromatic carbocycles. The molecule has 1 N–H and O–H groups in total. The molecule has 0 saturated heterocycles. The van der Waals surface area contributed by atoms with E-state index in [1.165, 1.54) is 12.1 Å². The summed E-state index contributed by atoms with van der Waals surface area (Å²) in [7, 11) is 0. The summed E-state index contributed by atoms with van der Waals surface area (Å²) in [5, 5.41) is 4.24. The summed E-state index contributed by atoms with van der Waals surface area (Å²) < 4.78 is 13.4. The predicted molar refractivity (Wildman–Crippen MR) is 96.5 cm³/mol. The first-order valence-corrected chi connectivity index (χ1v) is 7.95. The maximum Gasteiger partial charge on any atom is 0.162 e. The third-order valence-corrected chi connectivity index (χ3v) is 3.89. The number of rotatable bonds is 4. The second kappa shape index (κ2) is 6.65. The maximum absolute atomic E-state index is 13.4. The molecule has 0 amide bonds. The summed E-state index contributed by atoms with van der Waals surface area (Å²) in [4.78, 5) is 13.3. The minimum Gasteiger partial charge on any atom is -0.365 e. The highest BCUT2D eigenvalue weighted by Crippen LogP contribution is 2.25. The average molecular weight is 330 g/mol. The van der Waals surface area contributed by atoms with Crippen molar-refractivity contribution in [1.82, 2.24) is 15.0 Å². The number of para-hydroxylation sites is 1. The van der Waals surface area contributed by atoms with Crippen LogP contribution in [0.2, 0.25) is 0 Å². The monoisotopic (exact) mass is 330 g/mol. The molecule has 122 valence electrons. The highest BCUT2D eigenvalue weighted by Gasteiger charge is 2.09. The van der Waals surface area contributed by atoms with Crippen molar-refractivity contribution in [2.45, 2.75) is 6.54 Å². The van der Waals surface area contributed by atoms with Crippen molar-refractivity contribution in [1.29, 1.82) is 0 Å². The fraction of sp³-hybridized carbons (Fsp3) is 0.0500. The number of fused-ring (bicyclic) bond motifs is 1. The van der Waals surface area contributed by atoms with Crippen LogP contribution in [-0.4, -0.2) is 15.0 Å². The summed E-state index contributed by atoms with van der Waals surface area (Å²) in [5.41, 5.74) is 2.61. The molecule has 4 nitrogen and oxygen atoms in total. The number of anilines is 1. The number of pyridine rings is 1. The summed E-state index contributed by atoms with van der Waals surface area (Å²) in [5.74, 6) is 1.11. The van der Waals surface area contributed by atoms with E-state index in [0.717, 1.165) is 27.8 Å². The molecule has 0 saturated carbocycles. The number of hydrogen-bond donors (Lipinski definition) is 1. The first kappa shape index (κ1) is 15.2. The molecule has 0 aliphatic rings. The lowest BCUT2D eigenvalue weighted by molar-refractivity contribution is 0.626. The Morgan fingerprint density at radius 3 is 2.56 bits per heavy atom. The van der Waals surface area contributed by atoms with Crippen molar-refractivity contribution in [3.63, 3.8) is 0 Å². The second-order valence-corrected chi connectivity index (χ2v) is 5.63. The zero-order valence-corrected chi connectivity index (χ0v) is 13.4. The van der Waals surface area contributed by atoms with Gasteiger partial charge in [0.15, 0.2) is 5.82 Å². The molecule has 0 radical (unpaired) electrons. The normalized spacial score (nSPS) is 10.8. The van der Waals surface area contributed by atoms with Gasteiger partial charge in [-0.3, -0.25) is 4.98 Å². The molecule has 0 bridgehead atoms. The van der Waals surface area contributed by atoms with Crippen molar-refractivity contribution < 1.29 is 4.39 Å². The van der Waals surface area contributed by atoms with Crippen molar-refractivity contribution in [2.75, 3.05) is 5.32 Å². The number of hydrogen-bond acceptors (Lipinski definition) is 4. The van der Waals surface area contributed by atoms with Crippen molar-refractivity contribution in [3.8, 4) is 11.4 Å². The molecule has 4 rings (SSSR count). The van der Waals surface area contributed by atoms with E-state index in [2.05, 4.69) is 20.3 Å². The smallest absolute Gasteiger partial charge is 0.162 e. The zero-order valence-electron chi connectivity index (χ0n) is 13.4. The van der Waals surface area contributed by atoms with E-state index in [-0.39, 0.29) is 5.82 Å². The van der Waals surface area contributed by atoms with Crippen LogP contribution in [-0.2, 0) is 6.54 Å². The lowest BCUT2D eigenvalue weighted by Gasteiger charge is -2.11. The molecular formula is C20H15FN4. The average Bonchev–Trinajstić information content (AvgIpc) is 2.66. The Balaban J connectivity index is 1.73. The summed E-state index contributed by atoms with van der Waals surface area (Å²) in [6.45, 7) is 0.481. The minimum atomic E-state index is -0.246. The van der Waals surface area contributed by atoms with E-state index >= 15 is 0 Å². The molecule has 5 heteroatoms. The van der Waals surface area contributed by atoms with Gasteiger partial charge in [-0.25, -0.2) is 14.4 Å². The van der Waals surface area contributed by atoms with Crippen LogP contribution in [0.25, 0.3) is 22.3 Å². The van der Waals surface area contributed by atoms with Gasteiger partial charge >= 0.3 is 0 Å². The molecule has 4 aromatic rings. The van der Waals surface area contributed by atoms with Gasteiger partial charge < -0.3 is 5.32 Å². The summed E-state index contributed by atoms with van der Waals surface area (Å²) in [6.07, 6.45) is 3.43. The lowest BCUT2D eigenvalue weighted by Crippen LogP contribution is -2.04. The van der Waals surface area contributed by atoms with Gasteiger partial charge in [-0.05, 0) is 42.0 Å². The van der Waals surface area contributed by atoms with Crippen LogP contribution in [0.3, 0.4) is 0 Å². The van der Waals surface area contributed by atoms with Gasteiger partial charge in [-0.15, -0.1) is 0 Å². The third kappa shape index (κ3) is 3.30. The highest BCUT2D eigenvalue weighted by molar-refractivity contribution is 5.90. The number of nitrogens with one attached hydrogen (secondary N) is 1. The van der Waals surface area contributed by atoms with E-state index in [1.807, 2.05) is 42.5 Å². The molecule has 0 spiro atoms. The molecule has 0 fully saturated rings. The lowest BCUT2D eigenvalue weighted by atomic mass is 10.2. The van der Waals surface area contributed by atoms with Gasteiger partial charge in [0.05, 0.1) is 5.52 Å². The molecule has 2 aromatic heterocycles. The molecule has 0 aliphatic carbocycles. The van der Waals surface area contributed by atoms with Crippen molar-refractivity contribution >= 4 is 16.7 Å². The zero-order chi connectivity index (χ0) is 17.1. The molecule has 0 unspecified atom stereocenters. The van der Waals surface area contributed by atoms with Gasteiger partial charge in [0, 0.05) is 29.9 Å². The number of nitrogens with zero attached hydrogens (tertiary/aromatic N) is 3. The van der Waals surface area contributed by atoms with E-state index in [9.17, 15) is 4.39 Å². The standard InChI is InChI=1S/C20H15FN4/c21-16-5-3-4-14(12-16)13-23-20-17-6-1-2-7-18(17)24-19(25-20)15-8-10-22-11-9-15/h1-12H,13H2,(H,23,24,25). The molecular weight excluding hydrogens is 315 g/mol. The van der Waals surface area contributed by atoms with E-state index in [1.54, 1.807) is 18.5 Å². The summed E-state index contributed by atoms with van der Waals surface area (Å²) >= 11 is 0. The second-order valence-electron chi connectivity index (χ2n) is 5.63. The Bertz CT molecular complexity index is 1020. The Labute approximate surface area is 144 Å². The first-order chi connectivity index (χ1) is 12.3. The van der Waals surface area contributed by atoms with E-state index in [0.29, 0.717) is 12.4 Å².